The quantitative estimate of drug-likeness (QED) is 0.693. The average Bonchev–Trinajstić information content (AvgIpc) is 2.92. The Morgan fingerprint density at radius 1 is 1.40 bits per heavy atom. The smallest absolute Gasteiger partial charge is 0.264 e. The Morgan fingerprint density at radius 3 is 3.00 bits per heavy atom. The van der Waals surface area contributed by atoms with Gasteiger partial charge in [0.1, 0.15) is 0 Å². The second kappa shape index (κ2) is 4.84. The summed E-state index contributed by atoms with van der Waals surface area (Å²) in [5.74, 6) is 0. The van der Waals surface area contributed by atoms with E-state index in [9.17, 15) is 13.2 Å². The molecule has 1 aliphatic rings. The first kappa shape index (κ1) is 13.0. The average molecular weight is 295 g/mol. The lowest BCUT2D eigenvalue weighted by Crippen LogP contribution is -2.39. The molecule has 8 nitrogen and oxygen atoms in total. The number of rotatable bonds is 3. The van der Waals surface area contributed by atoms with E-state index < -0.39 is 10.0 Å². The largest absolute Gasteiger partial charge is 0.335 e. The Labute approximate surface area is 114 Å². The first-order valence-corrected chi connectivity index (χ1v) is 7.61. The van der Waals surface area contributed by atoms with Gasteiger partial charge in [0, 0.05) is 12.1 Å². The van der Waals surface area contributed by atoms with Crippen molar-refractivity contribution in [2.24, 2.45) is 0 Å². The maximum atomic E-state index is 12.1. The maximum Gasteiger partial charge on any atom is 0.264 e. The van der Waals surface area contributed by atoms with Crippen LogP contribution in [-0.4, -0.2) is 34.6 Å². The second-order valence-electron chi connectivity index (χ2n) is 4.68. The molecule has 1 aliphatic carbocycles. The third kappa shape index (κ3) is 2.49. The fourth-order valence-corrected chi connectivity index (χ4v) is 3.49. The van der Waals surface area contributed by atoms with Gasteiger partial charge < -0.3 is 4.98 Å². The molecule has 0 saturated heterocycles. The molecule has 0 fully saturated rings. The van der Waals surface area contributed by atoms with Gasteiger partial charge >= 0.3 is 0 Å². The molecule has 3 rings (SSSR count). The van der Waals surface area contributed by atoms with Gasteiger partial charge in [-0.15, -0.1) is 0 Å². The number of hydrogen-bond donors (Lipinski definition) is 3. The minimum Gasteiger partial charge on any atom is -0.335 e. The number of sulfonamides is 1. The summed E-state index contributed by atoms with van der Waals surface area (Å²) in [4.78, 5) is 17.5. The van der Waals surface area contributed by atoms with E-state index in [2.05, 4.69) is 24.9 Å². The lowest BCUT2D eigenvalue weighted by atomic mass is 9.93. The number of aromatic nitrogens is 4. The molecular formula is C11H13N5O3S. The summed E-state index contributed by atoms with van der Waals surface area (Å²) in [5.41, 5.74) is 1.33. The normalized spacial score (nSPS) is 18.7. The fourth-order valence-electron chi connectivity index (χ4n) is 2.31. The van der Waals surface area contributed by atoms with Crippen LogP contribution in [0.3, 0.4) is 0 Å². The van der Waals surface area contributed by atoms with Crippen molar-refractivity contribution in [3.8, 4) is 0 Å². The number of imidazole rings is 1. The van der Waals surface area contributed by atoms with E-state index in [-0.39, 0.29) is 16.6 Å². The standard InChI is InChI=1S/C11H13N5O3S/c17-10-4-7-3-8(1-2-9(7)14-15-10)16-20(18,19)11-5-12-6-13-11/h4-6,8,16H,1-3H2,(H,12,13)(H,15,17). The highest BCUT2D eigenvalue weighted by Gasteiger charge is 2.25. The van der Waals surface area contributed by atoms with E-state index in [4.69, 9.17) is 0 Å². The van der Waals surface area contributed by atoms with Crippen molar-refractivity contribution in [3.63, 3.8) is 0 Å². The molecule has 1 atom stereocenters. The van der Waals surface area contributed by atoms with Crippen LogP contribution in [0.5, 0.6) is 0 Å². The fraction of sp³-hybridized carbons (Fsp3) is 0.364. The molecule has 9 heteroatoms. The van der Waals surface area contributed by atoms with Gasteiger partial charge in [-0.1, -0.05) is 0 Å². The van der Waals surface area contributed by atoms with E-state index in [1.165, 1.54) is 18.6 Å². The van der Waals surface area contributed by atoms with E-state index in [1.807, 2.05) is 0 Å². The van der Waals surface area contributed by atoms with Gasteiger partial charge in [-0.25, -0.2) is 23.2 Å². The predicted molar refractivity (Wildman–Crippen MR) is 69.6 cm³/mol. The Kier molecular flexibility index (Phi) is 3.14. The van der Waals surface area contributed by atoms with Crippen molar-refractivity contribution in [1.82, 2.24) is 24.9 Å². The number of aromatic amines is 2. The molecule has 3 N–H and O–H groups in total. The molecular weight excluding hydrogens is 282 g/mol. The Hall–Kier alpha value is -2.00. The number of aryl methyl sites for hydroxylation is 1. The number of fused-ring (bicyclic) bond motifs is 1. The third-order valence-electron chi connectivity index (χ3n) is 3.26. The Morgan fingerprint density at radius 2 is 2.25 bits per heavy atom. The van der Waals surface area contributed by atoms with Gasteiger partial charge in [0.15, 0.2) is 5.03 Å². The molecule has 0 radical (unpaired) electrons. The van der Waals surface area contributed by atoms with Gasteiger partial charge in [-0.2, -0.15) is 5.10 Å². The summed E-state index contributed by atoms with van der Waals surface area (Å²) in [6, 6.07) is 1.22. The van der Waals surface area contributed by atoms with Crippen LogP contribution in [0, 0.1) is 0 Å². The molecule has 0 bridgehead atoms. The van der Waals surface area contributed by atoms with Crippen molar-refractivity contribution in [2.75, 3.05) is 0 Å². The Bertz CT molecular complexity index is 766. The molecule has 0 amide bonds. The minimum absolute atomic E-state index is 0.0346. The van der Waals surface area contributed by atoms with Gasteiger partial charge in [-0.05, 0) is 24.8 Å². The van der Waals surface area contributed by atoms with E-state index in [0.29, 0.717) is 19.3 Å². The summed E-state index contributed by atoms with van der Waals surface area (Å²) in [6.07, 6.45) is 4.29. The summed E-state index contributed by atoms with van der Waals surface area (Å²) in [5, 5.41) is 6.39. The van der Waals surface area contributed by atoms with E-state index in [0.717, 1.165) is 11.3 Å². The topological polar surface area (TPSA) is 121 Å². The zero-order valence-corrected chi connectivity index (χ0v) is 11.3. The van der Waals surface area contributed by atoms with Crippen LogP contribution in [0.1, 0.15) is 17.7 Å². The van der Waals surface area contributed by atoms with Crippen LogP contribution in [0.4, 0.5) is 0 Å². The monoisotopic (exact) mass is 295 g/mol. The van der Waals surface area contributed by atoms with Crippen molar-refractivity contribution in [2.45, 2.75) is 30.3 Å². The third-order valence-corrected chi connectivity index (χ3v) is 4.70. The SMILES string of the molecule is O=c1cc2c(n[nH]1)CCC(NS(=O)(=O)c1cnc[nH]1)C2. The molecule has 0 aromatic carbocycles. The van der Waals surface area contributed by atoms with Crippen LogP contribution in [0.15, 0.2) is 28.4 Å². The molecule has 1 unspecified atom stereocenters. The van der Waals surface area contributed by atoms with E-state index in [1.54, 1.807) is 0 Å². The highest BCUT2D eigenvalue weighted by Crippen LogP contribution is 2.19. The molecule has 2 aromatic heterocycles. The minimum atomic E-state index is -3.60. The zero-order valence-electron chi connectivity index (χ0n) is 10.5. The van der Waals surface area contributed by atoms with Crippen molar-refractivity contribution in [3.05, 3.63) is 40.2 Å². The number of H-pyrrole nitrogens is 2. The van der Waals surface area contributed by atoms with Gasteiger partial charge in [-0.3, -0.25) is 4.79 Å². The number of nitrogens with zero attached hydrogens (tertiary/aromatic N) is 2. The van der Waals surface area contributed by atoms with Crippen LogP contribution >= 0.6 is 0 Å². The van der Waals surface area contributed by atoms with Gasteiger partial charge in [0.25, 0.3) is 15.6 Å². The molecule has 20 heavy (non-hydrogen) atoms. The molecule has 2 heterocycles. The molecule has 0 spiro atoms. The number of nitrogens with one attached hydrogen (secondary N) is 3. The lowest BCUT2D eigenvalue weighted by molar-refractivity contribution is 0.498. The van der Waals surface area contributed by atoms with Gasteiger partial charge in [0.2, 0.25) is 0 Å². The predicted octanol–water partition coefficient (Wildman–Crippen LogP) is -0.671. The number of hydrogen-bond acceptors (Lipinski definition) is 5. The molecule has 106 valence electrons. The van der Waals surface area contributed by atoms with Crippen LogP contribution < -0.4 is 10.3 Å². The van der Waals surface area contributed by atoms with Crippen molar-refractivity contribution in [1.29, 1.82) is 0 Å². The second-order valence-corrected chi connectivity index (χ2v) is 6.36. The first-order chi connectivity index (χ1) is 9.54. The summed E-state index contributed by atoms with van der Waals surface area (Å²) < 4.78 is 26.8. The zero-order chi connectivity index (χ0) is 14.2. The lowest BCUT2D eigenvalue weighted by Gasteiger charge is -2.23. The summed E-state index contributed by atoms with van der Waals surface area (Å²) in [6.45, 7) is 0. The first-order valence-electron chi connectivity index (χ1n) is 6.13. The summed E-state index contributed by atoms with van der Waals surface area (Å²) in [7, 11) is -3.60. The van der Waals surface area contributed by atoms with Crippen LogP contribution in [0.25, 0.3) is 0 Å². The Balaban J connectivity index is 1.80. The van der Waals surface area contributed by atoms with Gasteiger partial charge in [0.05, 0.1) is 18.2 Å². The highest BCUT2D eigenvalue weighted by atomic mass is 32.2. The van der Waals surface area contributed by atoms with E-state index >= 15 is 0 Å². The molecule has 0 saturated carbocycles. The van der Waals surface area contributed by atoms with Crippen LogP contribution in [0.2, 0.25) is 0 Å². The van der Waals surface area contributed by atoms with Crippen molar-refractivity contribution >= 4 is 10.0 Å². The van der Waals surface area contributed by atoms with Crippen molar-refractivity contribution < 1.29 is 8.42 Å². The summed E-state index contributed by atoms with van der Waals surface area (Å²) >= 11 is 0. The maximum absolute atomic E-state index is 12.1. The highest BCUT2D eigenvalue weighted by molar-refractivity contribution is 7.89. The van der Waals surface area contributed by atoms with Crippen LogP contribution in [-0.2, 0) is 22.9 Å². The molecule has 2 aromatic rings. The molecule has 0 aliphatic heterocycles.